The van der Waals surface area contributed by atoms with Crippen molar-refractivity contribution in [3.63, 3.8) is 0 Å². The minimum atomic E-state index is -5.08. The molecule has 1 unspecified atom stereocenters. The van der Waals surface area contributed by atoms with E-state index in [2.05, 4.69) is 27.0 Å². The number of hydrogen-bond donors (Lipinski definition) is 5. The van der Waals surface area contributed by atoms with Gasteiger partial charge in [0.15, 0.2) is 0 Å². The van der Waals surface area contributed by atoms with Crippen LogP contribution in [0.5, 0.6) is 0 Å². The number of aliphatic carboxylic acids is 1. The number of aromatic nitrogens is 2. The number of halogens is 5. The Morgan fingerprint density at radius 3 is 2.44 bits per heavy atom. The van der Waals surface area contributed by atoms with Crippen molar-refractivity contribution in [2.75, 3.05) is 43.6 Å². The number of hydrogen-bond acceptors (Lipinski definition) is 9. The molecule has 1 saturated carbocycles. The zero-order valence-electron chi connectivity index (χ0n) is 23.3. The van der Waals surface area contributed by atoms with Crippen molar-refractivity contribution in [3.05, 3.63) is 35.5 Å². The zero-order chi connectivity index (χ0) is 31.5. The number of alkyl halides is 4. The van der Waals surface area contributed by atoms with Gasteiger partial charge in [-0.1, -0.05) is 17.7 Å². The highest BCUT2D eigenvalue weighted by Crippen LogP contribution is 2.32. The molecular weight excluding hydrogens is 596 g/mol. The van der Waals surface area contributed by atoms with Crippen LogP contribution >= 0.6 is 11.6 Å². The summed E-state index contributed by atoms with van der Waals surface area (Å²) in [6, 6.07) is 10.7. The van der Waals surface area contributed by atoms with Crippen LogP contribution in [0, 0.1) is 16.7 Å². The van der Waals surface area contributed by atoms with E-state index >= 15 is 0 Å². The topological polar surface area (TPSA) is 152 Å². The maximum absolute atomic E-state index is 12.5. The van der Waals surface area contributed by atoms with Crippen molar-refractivity contribution in [1.82, 2.24) is 15.3 Å². The SMILES string of the molecule is N#CC1(CNc2cccc(-c3cc(N[C@H]4CC[C@H](NCC(O)CF)CC4)ncc3Cl)n2)CCOCC1.O=C(O)C(F)(F)F. The second-order valence-electron chi connectivity index (χ2n) is 10.5. The maximum atomic E-state index is 12.5. The Kier molecular flexibility index (Phi) is 12.7. The van der Waals surface area contributed by atoms with E-state index < -0.39 is 30.3 Å². The molecule has 1 aliphatic heterocycles. The first-order chi connectivity index (χ1) is 20.4. The Hall–Kier alpha value is -3.25. The largest absolute Gasteiger partial charge is 0.490 e. The normalized spacial score (nSPS) is 20.6. The van der Waals surface area contributed by atoms with E-state index in [4.69, 9.17) is 31.2 Å². The van der Waals surface area contributed by atoms with E-state index in [1.165, 1.54) is 0 Å². The predicted octanol–water partition coefficient (Wildman–Crippen LogP) is 4.81. The molecule has 5 N–H and O–H groups in total. The first-order valence-electron chi connectivity index (χ1n) is 13.8. The van der Waals surface area contributed by atoms with Gasteiger partial charge in [0.25, 0.3) is 0 Å². The molecule has 15 heteroatoms. The van der Waals surface area contributed by atoms with Gasteiger partial charge >= 0.3 is 12.1 Å². The number of carboxylic acid groups (broad SMARTS) is 1. The smallest absolute Gasteiger partial charge is 0.475 e. The number of ether oxygens (including phenoxy) is 1. The van der Waals surface area contributed by atoms with Gasteiger partial charge in [0, 0.05) is 50.1 Å². The quantitative estimate of drug-likeness (QED) is 0.231. The van der Waals surface area contributed by atoms with Crippen LogP contribution in [-0.2, 0) is 9.53 Å². The molecule has 236 valence electrons. The molecule has 0 bridgehead atoms. The minimum absolute atomic E-state index is 0.276. The molecule has 10 nitrogen and oxygen atoms in total. The molecule has 0 spiro atoms. The van der Waals surface area contributed by atoms with Crippen LogP contribution < -0.4 is 16.0 Å². The van der Waals surface area contributed by atoms with Gasteiger partial charge in [-0.3, -0.25) is 0 Å². The lowest BCUT2D eigenvalue weighted by atomic mass is 9.82. The van der Waals surface area contributed by atoms with Crippen LogP contribution in [0.25, 0.3) is 11.3 Å². The van der Waals surface area contributed by atoms with Crippen molar-refractivity contribution >= 4 is 29.2 Å². The fourth-order valence-corrected chi connectivity index (χ4v) is 4.96. The lowest BCUT2D eigenvalue weighted by Gasteiger charge is -2.31. The number of aliphatic hydroxyl groups is 1. The summed E-state index contributed by atoms with van der Waals surface area (Å²) < 4.78 is 49.6. The Bertz CT molecular complexity index is 1230. The van der Waals surface area contributed by atoms with E-state index in [0.717, 1.165) is 42.8 Å². The second kappa shape index (κ2) is 16.0. The Morgan fingerprint density at radius 2 is 1.84 bits per heavy atom. The van der Waals surface area contributed by atoms with Crippen molar-refractivity contribution < 1.29 is 37.3 Å². The number of aliphatic hydroxyl groups excluding tert-OH is 1. The third-order valence-electron chi connectivity index (χ3n) is 7.32. The molecular formula is C28H35ClF4N6O4. The van der Waals surface area contributed by atoms with Crippen LogP contribution in [0.2, 0.25) is 5.02 Å². The summed E-state index contributed by atoms with van der Waals surface area (Å²) in [6.45, 7) is 1.29. The van der Waals surface area contributed by atoms with E-state index in [1.807, 2.05) is 24.3 Å². The van der Waals surface area contributed by atoms with Gasteiger partial charge < -0.3 is 30.9 Å². The third kappa shape index (κ3) is 10.8. The minimum Gasteiger partial charge on any atom is -0.475 e. The van der Waals surface area contributed by atoms with Gasteiger partial charge in [-0.15, -0.1) is 0 Å². The van der Waals surface area contributed by atoms with Crippen molar-refractivity contribution in [2.24, 2.45) is 5.41 Å². The van der Waals surface area contributed by atoms with Crippen LogP contribution in [0.1, 0.15) is 38.5 Å². The van der Waals surface area contributed by atoms with Gasteiger partial charge in [0.1, 0.15) is 18.3 Å². The van der Waals surface area contributed by atoms with Crippen LogP contribution in [0.3, 0.4) is 0 Å². The number of nitrogens with one attached hydrogen (secondary N) is 3. The average Bonchev–Trinajstić information content (AvgIpc) is 3.01. The highest BCUT2D eigenvalue weighted by molar-refractivity contribution is 6.33. The molecule has 2 fully saturated rings. The van der Waals surface area contributed by atoms with Crippen molar-refractivity contribution in [1.29, 1.82) is 5.26 Å². The van der Waals surface area contributed by atoms with E-state index in [0.29, 0.717) is 49.5 Å². The number of pyridine rings is 2. The van der Waals surface area contributed by atoms with Gasteiger partial charge in [0.05, 0.1) is 28.3 Å². The number of rotatable bonds is 10. The fourth-order valence-electron chi connectivity index (χ4n) is 4.76. The Labute approximate surface area is 251 Å². The molecule has 43 heavy (non-hydrogen) atoms. The van der Waals surface area contributed by atoms with Gasteiger partial charge in [-0.05, 0) is 56.7 Å². The summed E-state index contributed by atoms with van der Waals surface area (Å²) in [6.07, 6.45) is 0.829. The lowest BCUT2D eigenvalue weighted by Crippen LogP contribution is -2.40. The van der Waals surface area contributed by atoms with Crippen LogP contribution in [-0.4, -0.2) is 83.5 Å². The number of nitrogens with zero attached hydrogens (tertiary/aromatic N) is 3. The summed E-state index contributed by atoms with van der Waals surface area (Å²) in [7, 11) is 0. The predicted molar refractivity (Wildman–Crippen MR) is 152 cm³/mol. The zero-order valence-corrected chi connectivity index (χ0v) is 24.1. The van der Waals surface area contributed by atoms with Crippen molar-refractivity contribution in [3.8, 4) is 17.3 Å². The monoisotopic (exact) mass is 630 g/mol. The summed E-state index contributed by atoms with van der Waals surface area (Å²) in [5.41, 5.74) is 1.07. The molecule has 1 atom stereocenters. The summed E-state index contributed by atoms with van der Waals surface area (Å²) in [5, 5.41) is 36.9. The Balaban J connectivity index is 0.000000646. The lowest BCUT2D eigenvalue weighted by molar-refractivity contribution is -0.192. The first-order valence-corrected chi connectivity index (χ1v) is 14.2. The summed E-state index contributed by atoms with van der Waals surface area (Å²) in [4.78, 5) is 18.1. The Morgan fingerprint density at radius 1 is 1.19 bits per heavy atom. The number of anilines is 2. The highest BCUT2D eigenvalue weighted by Gasteiger charge is 2.38. The third-order valence-corrected chi connectivity index (χ3v) is 7.62. The number of nitriles is 1. The number of carbonyl (C=O) groups is 1. The van der Waals surface area contributed by atoms with E-state index in [9.17, 15) is 27.9 Å². The molecule has 4 rings (SSSR count). The first kappa shape index (κ1) is 34.2. The standard InChI is InChI=1S/C26H34ClFN6O2.C2HF3O2/c27-22-15-31-25(33-19-6-4-18(5-7-19)30-14-20(35)13-28)12-21(22)23-2-1-3-24(34-23)32-17-26(16-29)8-10-36-11-9-26;3-2(4,5)1(6)7/h1-3,12,15,18-20,30,35H,4-11,13-14,17H2,(H,31,33)(H,32,34);(H,6,7)/t18-,19-,20?;. The maximum Gasteiger partial charge on any atom is 0.490 e. The summed E-state index contributed by atoms with van der Waals surface area (Å²) in [5.74, 6) is -1.32. The molecule has 2 aromatic heterocycles. The molecule has 2 aliphatic rings. The highest BCUT2D eigenvalue weighted by atomic mass is 35.5. The molecule has 0 aromatic carbocycles. The van der Waals surface area contributed by atoms with E-state index in [-0.39, 0.29) is 12.6 Å². The molecule has 0 radical (unpaired) electrons. The molecule has 1 aliphatic carbocycles. The van der Waals surface area contributed by atoms with Gasteiger partial charge in [0.2, 0.25) is 0 Å². The van der Waals surface area contributed by atoms with Crippen molar-refractivity contribution in [2.45, 2.75) is 62.9 Å². The molecule has 2 aromatic rings. The van der Waals surface area contributed by atoms with Gasteiger partial charge in [-0.2, -0.15) is 18.4 Å². The van der Waals surface area contributed by atoms with Crippen LogP contribution in [0.4, 0.5) is 29.2 Å². The average molecular weight is 631 g/mol. The fraction of sp³-hybridized carbons (Fsp3) is 0.571. The molecule has 0 amide bonds. The van der Waals surface area contributed by atoms with Crippen LogP contribution in [0.15, 0.2) is 30.5 Å². The van der Waals surface area contributed by atoms with Gasteiger partial charge in [-0.25, -0.2) is 19.2 Å². The number of carboxylic acids is 1. The molecule has 1 saturated heterocycles. The summed E-state index contributed by atoms with van der Waals surface area (Å²) >= 11 is 6.50. The van der Waals surface area contributed by atoms with E-state index in [1.54, 1.807) is 6.20 Å². The molecule has 3 heterocycles. The second-order valence-corrected chi connectivity index (χ2v) is 10.9.